The highest BCUT2D eigenvalue weighted by Crippen LogP contribution is 2.27. The summed E-state index contributed by atoms with van der Waals surface area (Å²) >= 11 is 0. The normalized spacial score (nSPS) is 11.2. The molecule has 2 rings (SSSR count). The molecule has 0 aliphatic carbocycles. The van der Waals surface area contributed by atoms with E-state index in [1.165, 1.54) is 6.07 Å². The lowest BCUT2D eigenvalue weighted by atomic mass is 10.1. The van der Waals surface area contributed by atoms with Crippen molar-refractivity contribution in [2.24, 2.45) is 4.99 Å². The number of nitrogens with one attached hydrogen (secondary N) is 2. The number of methoxy groups -OCH3 is 2. The third kappa shape index (κ3) is 6.11. The van der Waals surface area contributed by atoms with E-state index < -0.39 is 11.6 Å². The van der Waals surface area contributed by atoms with Crippen LogP contribution in [0.1, 0.15) is 18.1 Å². The smallest absolute Gasteiger partial charge is 0.191 e. The maximum Gasteiger partial charge on any atom is 0.191 e. The molecule has 0 aliphatic heterocycles. The minimum Gasteiger partial charge on any atom is -0.493 e. The fourth-order valence-electron chi connectivity index (χ4n) is 2.73. The molecule has 0 amide bonds. The third-order valence-corrected chi connectivity index (χ3v) is 4.18. The van der Waals surface area contributed by atoms with Crippen LogP contribution in [0.3, 0.4) is 0 Å². The maximum absolute atomic E-state index is 13.7. The number of benzene rings is 2. The highest BCUT2D eigenvalue weighted by atomic mass is 19.2. The monoisotopic (exact) mass is 391 g/mol. The zero-order valence-corrected chi connectivity index (χ0v) is 16.5. The van der Waals surface area contributed by atoms with Gasteiger partial charge in [0.15, 0.2) is 29.1 Å². The Bertz CT molecular complexity index is 797. The molecule has 0 spiro atoms. The van der Waals surface area contributed by atoms with Crippen molar-refractivity contribution in [1.29, 1.82) is 0 Å². The molecule has 7 heteroatoms. The van der Waals surface area contributed by atoms with Gasteiger partial charge in [0, 0.05) is 19.6 Å². The fourth-order valence-corrected chi connectivity index (χ4v) is 2.73. The Labute approximate surface area is 164 Å². The van der Waals surface area contributed by atoms with Crippen LogP contribution in [0.15, 0.2) is 41.4 Å². The summed E-state index contributed by atoms with van der Waals surface area (Å²) in [6, 6.07) is 10.00. The van der Waals surface area contributed by atoms with Crippen molar-refractivity contribution in [3.8, 4) is 11.5 Å². The molecule has 0 aromatic heterocycles. The molecule has 28 heavy (non-hydrogen) atoms. The highest BCUT2D eigenvalue weighted by Gasteiger charge is 2.07. The van der Waals surface area contributed by atoms with Gasteiger partial charge in [0.25, 0.3) is 0 Å². The molecule has 2 aromatic rings. The molecule has 0 saturated carbocycles. The predicted molar refractivity (Wildman–Crippen MR) is 107 cm³/mol. The second-order valence-electron chi connectivity index (χ2n) is 6.09. The second kappa shape index (κ2) is 11.1. The van der Waals surface area contributed by atoms with Crippen molar-refractivity contribution in [2.75, 3.05) is 33.9 Å². The van der Waals surface area contributed by atoms with Crippen LogP contribution in [0.2, 0.25) is 0 Å². The number of aliphatic imine (C=N–C) groups is 1. The van der Waals surface area contributed by atoms with Gasteiger partial charge in [0.05, 0.1) is 14.2 Å². The van der Waals surface area contributed by atoms with Crippen LogP contribution >= 0.6 is 0 Å². The Balaban J connectivity index is 1.90. The first-order chi connectivity index (χ1) is 13.6. The zero-order chi connectivity index (χ0) is 20.4. The minimum absolute atomic E-state index is 0.324. The molecule has 152 valence electrons. The van der Waals surface area contributed by atoms with Crippen molar-refractivity contribution in [2.45, 2.75) is 19.8 Å². The van der Waals surface area contributed by atoms with E-state index in [4.69, 9.17) is 9.47 Å². The molecular formula is C21H27F2N3O2. The maximum atomic E-state index is 13.7. The number of guanidine groups is 1. The number of hydrogen-bond donors (Lipinski definition) is 2. The van der Waals surface area contributed by atoms with Gasteiger partial charge in [0.2, 0.25) is 0 Å². The molecular weight excluding hydrogens is 364 g/mol. The van der Waals surface area contributed by atoms with E-state index >= 15 is 0 Å². The first-order valence-corrected chi connectivity index (χ1v) is 9.25. The standard InChI is InChI=1S/C21H27F2N3O2/c1-4-24-21(26-13-11-16-6-5-7-17(22)20(16)23)25-12-10-15-8-9-18(27-2)19(14-15)28-3/h5-9,14H,4,10-13H2,1-3H3,(H2,24,25,26). The quantitative estimate of drug-likeness (QED) is 0.509. The molecule has 2 N–H and O–H groups in total. The van der Waals surface area contributed by atoms with Crippen molar-refractivity contribution < 1.29 is 18.3 Å². The van der Waals surface area contributed by atoms with Crippen molar-refractivity contribution >= 4 is 5.96 Å². The predicted octanol–water partition coefficient (Wildman–Crippen LogP) is 3.32. The summed E-state index contributed by atoms with van der Waals surface area (Å²) in [6.45, 7) is 3.69. The van der Waals surface area contributed by atoms with E-state index in [0.717, 1.165) is 18.1 Å². The van der Waals surface area contributed by atoms with Gasteiger partial charge in [-0.2, -0.15) is 0 Å². The number of hydrogen-bond acceptors (Lipinski definition) is 3. The largest absolute Gasteiger partial charge is 0.493 e. The molecule has 0 saturated heterocycles. The van der Waals surface area contributed by atoms with Crippen molar-refractivity contribution in [3.63, 3.8) is 0 Å². The van der Waals surface area contributed by atoms with E-state index in [1.54, 1.807) is 20.3 Å². The summed E-state index contributed by atoms with van der Waals surface area (Å²) in [5.41, 5.74) is 1.42. The first kappa shape index (κ1) is 21.5. The summed E-state index contributed by atoms with van der Waals surface area (Å²) in [4.78, 5) is 4.43. The van der Waals surface area contributed by atoms with Crippen LogP contribution in [0.4, 0.5) is 8.78 Å². The zero-order valence-electron chi connectivity index (χ0n) is 16.5. The van der Waals surface area contributed by atoms with Crippen LogP contribution in [-0.2, 0) is 12.8 Å². The third-order valence-electron chi connectivity index (χ3n) is 4.18. The van der Waals surface area contributed by atoms with Crippen LogP contribution in [0.5, 0.6) is 11.5 Å². The molecule has 0 heterocycles. The van der Waals surface area contributed by atoms with Crippen LogP contribution in [0.25, 0.3) is 0 Å². The van der Waals surface area contributed by atoms with Gasteiger partial charge in [-0.25, -0.2) is 8.78 Å². The number of rotatable bonds is 9. The van der Waals surface area contributed by atoms with Gasteiger partial charge in [-0.15, -0.1) is 0 Å². The van der Waals surface area contributed by atoms with Crippen LogP contribution in [0, 0.1) is 11.6 Å². The molecule has 5 nitrogen and oxygen atoms in total. The number of halogens is 2. The van der Waals surface area contributed by atoms with Gasteiger partial charge >= 0.3 is 0 Å². The Hall–Kier alpha value is -2.83. The van der Waals surface area contributed by atoms with E-state index in [-0.39, 0.29) is 0 Å². The Morgan fingerprint density at radius 2 is 1.79 bits per heavy atom. The van der Waals surface area contributed by atoms with Gasteiger partial charge in [-0.05, 0) is 49.1 Å². The summed E-state index contributed by atoms with van der Waals surface area (Å²) in [7, 11) is 3.21. The van der Waals surface area contributed by atoms with E-state index in [9.17, 15) is 8.78 Å². The highest BCUT2D eigenvalue weighted by molar-refractivity contribution is 5.79. The van der Waals surface area contributed by atoms with Gasteiger partial charge in [-0.3, -0.25) is 4.99 Å². The van der Waals surface area contributed by atoms with Gasteiger partial charge < -0.3 is 20.1 Å². The summed E-state index contributed by atoms with van der Waals surface area (Å²) in [5.74, 6) is 0.390. The van der Waals surface area contributed by atoms with E-state index in [1.807, 2.05) is 25.1 Å². The SMILES string of the molecule is CCNC(=NCCc1cccc(F)c1F)NCCc1ccc(OC)c(OC)c1. The summed E-state index contributed by atoms with van der Waals surface area (Å²) in [5, 5.41) is 6.39. The molecule has 0 radical (unpaired) electrons. The topological polar surface area (TPSA) is 54.9 Å². The number of ether oxygens (including phenoxy) is 2. The first-order valence-electron chi connectivity index (χ1n) is 9.25. The molecule has 0 atom stereocenters. The lowest BCUT2D eigenvalue weighted by molar-refractivity contribution is 0.354. The lowest BCUT2D eigenvalue weighted by Crippen LogP contribution is -2.38. The fraction of sp³-hybridized carbons (Fsp3) is 0.381. The van der Waals surface area contributed by atoms with E-state index in [2.05, 4.69) is 15.6 Å². The van der Waals surface area contributed by atoms with Crippen LogP contribution < -0.4 is 20.1 Å². The van der Waals surface area contributed by atoms with Gasteiger partial charge in [-0.1, -0.05) is 18.2 Å². The van der Waals surface area contributed by atoms with E-state index in [0.29, 0.717) is 49.1 Å². The molecule has 0 unspecified atom stereocenters. The molecule has 2 aromatic carbocycles. The molecule has 0 bridgehead atoms. The molecule has 0 aliphatic rings. The average Bonchev–Trinajstić information content (AvgIpc) is 2.71. The van der Waals surface area contributed by atoms with Crippen molar-refractivity contribution in [1.82, 2.24) is 10.6 Å². The Kier molecular flexibility index (Phi) is 8.52. The Morgan fingerprint density at radius 1 is 1.00 bits per heavy atom. The average molecular weight is 391 g/mol. The lowest BCUT2D eigenvalue weighted by Gasteiger charge is -2.13. The number of nitrogens with zero attached hydrogens (tertiary/aromatic N) is 1. The Morgan fingerprint density at radius 3 is 2.50 bits per heavy atom. The van der Waals surface area contributed by atoms with Crippen LogP contribution in [-0.4, -0.2) is 39.8 Å². The molecule has 0 fully saturated rings. The summed E-state index contributed by atoms with van der Waals surface area (Å²) in [6.07, 6.45) is 1.10. The van der Waals surface area contributed by atoms with Gasteiger partial charge in [0.1, 0.15) is 0 Å². The van der Waals surface area contributed by atoms with Crippen molar-refractivity contribution in [3.05, 3.63) is 59.2 Å². The second-order valence-corrected chi connectivity index (χ2v) is 6.09. The summed E-state index contributed by atoms with van der Waals surface area (Å²) < 4.78 is 37.5. The minimum atomic E-state index is -0.832.